The van der Waals surface area contributed by atoms with E-state index in [0.717, 1.165) is 4.90 Å². The van der Waals surface area contributed by atoms with Gasteiger partial charge in [-0.15, -0.1) is 11.8 Å². The van der Waals surface area contributed by atoms with Crippen molar-refractivity contribution in [2.45, 2.75) is 30.9 Å². The number of rotatable bonds is 13. The molecule has 0 spiro atoms. The fourth-order valence-corrected chi connectivity index (χ4v) is 5.11. The zero-order valence-corrected chi connectivity index (χ0v) is 26.6. The van der Waals surface area contributed by atoms with Crippen LogP contribution in [0.15, 0.2) is 114 Å². The van der Waals surface area contributed by atoms with E-state index in [0.29, 0.717) is 40.4 Å². The molecule has 46 heavy (non-hydrogen) atoms. The van der Waals surface area contributed by atoms with E-state index in [1.807, 2.05) is 13.0 Å². The summed E-state index contributed by atoms with van der Waals surface area (Å²) in [6.45, 7) is 6.22. The fraction of sp³-hybridized carbons (Fsp3) is 0.167. The number of ether oxygens (including phenoxy) is 2. The highest BCUT2D eigenvalue weighted by molar-refractivity contribution is 8.00. The lowest BCUT2D eigenvalue weighted by Crippen LogP contribution is -2.30. The van der Waals surface area contributed by atoms with Crippen molar-refractivity contribution in [3.8, 4) is 5.75 Å². The third-order valence-electron chi connectivity index (χ3n) is 6.47. The first-order chi connectivity index (χ1) is 22.2. The van der Waals surface area contributed by atoms with Crippen LogP contribution in [-0.2, 0) is 14.3 Å². The van der Waals surface area contributed by atoms with Gasteiger partial charge in [-0.2, -0.15) is 0 Å². The van der Waals surface area contributed by atoms with Gasteiger partial charge in [-0.25, -0.2) is 4.79 Å². The maximum absolute atomic E-state index is 13.5. The van der Waals surface area contributed by atoms with Crippen LogP contribution >= 0.6 is 11.8 Å². The van der Waals surface area contributed by atoms with Crippen molar-refractivity contribution < 1.29 is 28.7 Å². The van der Waals surface area contributed by atoms with Crippen LogP contribution in [0.3, 0.4) is 0 Å². The summed E-state index contributed by atoms with van der Waals surface area (Å²) in [5.74, 6) is -0.894. The van der Waals surface area contributed by atoms with Gasteiger partial charge in [0, 0.05) is 21.8 Å². The molecule has 0 radical (unpaired) electrons. The molecule has 3 N–H and O–H groups in total. The smallest absolute Gasteiger partial charge is 0.338 e. The third-order valence-corrected chi connectivity index (χ3v) is 7.56. The Bertz CT molecular complexity index is 1690. The first-order valence-corrected chi connectivity index (χ1v) is 15.6. The van der Waals surface area contributed by atoms with Crippen molar-refractivity contribution in [3.05, 3.63) is 126 Å². The summed E-state index contributed by atoms with van der Waals surface area (Å²) < 4.78 is 10.5. The zero-order chi connectivity index (χ0) is 32.9. The topological polar surface area (TPSA) is 123 Å². The molecule has 0 fully saturated rings. The lowest BCUT2D eigenvalue weighted by atomic mass is 10.1. The third kappa shape index (κ3) is 9.83. The Labute approximate surface area is 272 Å². The fourth-order valence-electron chi connectivity index (χ4n) is 4.19. The van der Waals surface area contributed by atoms with Gasteiger partial charge in [-0.3, -0.25) is 14.4 Å². The maximum atomic E-state index is 13.5. The van der Waals surface area contributed by atoms with E-state index in [2.05, 4.69) is 16.0 Å². The number of amides is 3. The van der Waals surface area contributed by atoms with Crippen molar-refractivity contribution in [1.29, 1.82) is 0 Å². The van der Waals surface area contributed by atoms with E-state index < -0.39 is 23.0 Å². The second-order valence-electron chi connectivity index (χ2n) is 9.91. The normalized spacial score (nSPS) is 11.6. The van der Waals surface area contributed by atoms with E-state index in [1.54, 1.807) is 117 Å². The Balaban J connectivity index is 1.44. The van der Waals surface area contributed by atoms with E-state index in [1.165, 1.54) is 11.8 Å². The Morgan fingerprint density at radius 2 is 1.48 bits per heavy atom. The quantitative estimate of drug-likeness (QED) is 0.0838. The van der Waals surface area contributed by atoms with Gasteiger partial charge in [0.05, 0.1) is 24.0 Å². The number of anilines is 2. The average Bonchev–Trinajstić information content (AvgIpc) is 3.06. The maximum Gasteiger partial charge on any atom is 0.338 e. The number of esters is 1. The van der Waals surface area contributed by atoms with Crippen molar-refractivity contribution in [2.75, 3.05) is 23.8 Å². The lowest BCUT2D eigenvalue weighted by Gasteiger charge is -2.14. The highest BCUT2D eigenvalue weighted by atomic mass is 32.2. The molecule has 10 heteroatoms. The molecular weight excluding hydrogens is 602 g/mol. The largest absolute Gasteiger partial charge is 0.494 e. The molecule has 0 heterocycles. The summed E-state index contributed by atoms with van der Waals surface area (Å²) in [5.41, 5.74) is 2.60. The summed E-state index contributed by atoms with van der Waals surface area (Å²) in [6.07, 6.45) is 1.59. The molecule has 0 aliphatic rings. The second-order valence-corrected chi connectivity index (χ2v) is 11.3. The Hall–Kier alpha value is -5.35. The van der Waals surface area contributed by atoms with Crippen LogP contribution in [-0.4, -0.2) is 42.2 Å². The number of hydrogen-bond donors (Lipinski definition) is 3. The van der Waals surface area contributed by atoms with E-state index in [-0.39, 0.29) is 18.2 Å². The highest BCUT2D eigenvalue weighted by Crippen LogP contribution is 2.27. The van der Waals surface area contributed by atoms with Gasteiger partial charge >= 0.3 is 5.97 Å². The molecule has 0 bridgehead atoms. The molecule has 0 aliphatic carbocycles. The van der Waals surface area contributed by atoms with Crippen LogP contribution in [0, 0.1) is 0 Å². The minimum atomic E-state index is -0.516. The summed E-state index contributed by atoms with van der Waals surface area (Å²) in [4.78, 5) is 52.0. The van der Waals surface area contributed by atoms with Crippen LogP contribution in [0.1, 0.15) is 47.1 Å². The number of hydrogen-bond acceptors (Lipinski definition) is 7. The van der Waals surface area contributed by atoms with Gasteiger partial charge in [0.15, 0.2) is 0 Å². The molecule has 9 nitrogen and oxygen atoms in total. The van der Waals surface area contributed by atoms with Crippen molar-refractivity contribution in [3.63, 3.8) is 0 Å². The van der Waals surface area contributed by atoms with E-state index in [9.17, 15) is 19.2 Å². The summed E-state index contributed by atoms with van der Waals surface area (Å²) in [5, 5.41) is 7.97. The van der Waals surface area contributed by atoms with Gasteiger partial charge in [0.2, 0.25) is 5.91 Å². The van der Waals surface area contributed by atoms with Crippen LogP contribution in [0.5, 0.6) is 5.75 Å². The molecule has 1 unspecified atom stereocenters. The second kappa shape index (κ2) is 16.6. The first kappa shape index (κ1) is 33.5. The summed E-state index contributed by atoms with van der Waals surface area (Å²) in [6, 6.07) is 29.4. The molecule has 1 atom stereocenters. The minimum Gasteiger partial charge on any atom is -0.494 e. The molecular formula is C36H35N3O6S. The Morgan fingerprint density at radius 3 is 2.15 bits per heavy atom. The summed E-state index contributed by atoms with van der Waals surface area (Å²) >= 11 is 1.32. The zero-order valence-electron chi connectivity index (χ0n) is 25.7. The van der Waals surface area contributed by atoms with E-state index >= 15 is 0 Å². The lowest BCUT2D eigenvalue weighted by molar-refractivity contribution is -0.115. The van der Waals surface area contributed by atoms with Gasteiger partial charge in [0.1, 0.15) is 11.4 Å². The van der Waals surface area contributed by atoms with Gasteiger partial charge < -0.3 is 25.4 Å². The van der Waals surface area contributed by atoms with E-state index in [4.69, 9.17) is 9.47 Å². The van der Waals surface area contributed by atoms with Crippen LogP contribution in [0.25, 0.3) is 6.08 Å². The molecule has 236 valence electrons. The van der Waals surface area contributed by atoms with Crippen LogP contribution in [0.2, 0.25) is 0 Å². The molecule has 0 saturated heterocycles. The number of nitrogens with one attached hydrogen (secondary N) is 3. The predicted octanol–water partition coefficient (Wildman–Crippen LogP) is 6.79. The monoisotopic (exact) mass is 637 g/mol. The standard InChI is InChI=1S/C36H35N3O6S/c1-4-44-30-20-14-25(15-21-30)22-32(39-34(41)26-10-7-6-8-11-26)35(42)38-29-12-9-13-31(23-29)46-24(3)33(40)37-28-18-16-27(17-19-28)36(43)45-5-2/h6-24H,4-5H2,1-3H3,(H,37,40)(H,38,42)(H,39,41)/b32-22+. The number of carbonyl (C=O) groups excluding carboxylic acids is 4. The van der Waals surface area contributed by atoms with Crippen LogP contribution in [0.4, 0.5) is 11.4 Å². The molecule has 3 amide bonds. The minimum absolute atomic E-state index is 0.0535. The first-order valence-electron chi connectivity index (χ1n) is 14.7. The number of thioether (sulfide) groups is 1. The van der Waals surface area contributed by atoms with Gasteiger partial charge in [-0.05, 0) is 99.1 Å². The molecule has 4 aromatic carbocycles. The van der Waals surface area contributed by atoms with Crippen LogP contribution < -0.4 is 20.7 Å². The Morgan fingerprint density at radius 1 is 0.761 bits per heavy atom. The summed E-state index contributed by atoms with van der Waals surface area (Å²) in [7, 11) is 0. The van der Waals surface area contributed by atoms with Gasteiger partial charge in [0.25, 0.3) is 11.8 Å². The van der Waals surface area contributed by atoms with Crippen molar-refractivity contribution in [1.82, 2.24) is 5.32 Å². The van der Waals surface area contributed by atoms with Crippen molar-refractivity contribution in [2.24, 2.45) is 0 Å². The molecule has 0 saturated carbocycles. The van der Waals surface area contributed by atoms with Crippen molar-refractivity contribution >= 4 is 52.9 Å². The molecule has 4 aromatic rings. The molecule has 4 rings (SSSR count). The molecule has 0 aliphatic heterocycles. The Kier molecular flexibility index (Phi) is 12.1. The average molecular weight is 638 g/mol. The predicted molar refractivity (Wildman–Crippen MR) is 181 cm³/mol. The number of carbonyl (C=O) groups is 4. The van der Waals surface area contributed by atoms with Gasteiger partial charge in [-0.1, -0.05) is 36.4 Å². The number of benzene rings is 4. The highest BCUT2D eigenvalue weighted by Gasteiger charge is 2.18. The SMILES string of the molecule is CCOC(=O)c1ccc(NC(=O)C(C)Sc2cccc(NC(=O)/C(=C\c3ccc(OCC)cc3)NC(=O)c3ccccc3)c2)cc1. The molecule has 0 aromatic heterocycles.